The van der Waals surface area contributed by atoms with Crippen LogP contribution in [0.15, 0.2) is 130 Å². The average molecular weight is 481 g/mol. The van der Waals surface area contributed by atoms with Gasteiger partial charge in [-0.1, -0.05) is 60.7 Å². The Kier molecular flexibility index (Phi) is 4.82. The van der Waals surface area contributed by atoms with Gasteiger partial charge in [-0.2, -0.15) is 9.78 Å². The third-order valence-corrected chi connectivity index (χ3v) is 6.50. The SMILES string of the molecule is O=c1c2ccccc2nc(-c2cc3ccccc3o2)n1N=Cc1cccn1-c1ccc2ccccc2c1. The zero-order valence-electron chi connectivity index (χ0n) is 19.7. The van der Waals surface area contributed by atoms with Crippen LogP contribution < -0.4 is 5.56 Å². The van der Waals surface area contributed by atoms with E-state index in [-0.39, 0.29) is 5.56 Å². The Labute approximate surface area is 211 Å². The van der Waals surface area contributed by atoms with Crippen molar-refractivity contribution in [3.8, 4) is 17.3 Å². The molecule has 0 aliphatic heterocycles. The third-order valence-electron chi connectivity index (χ3n) is 6.50. The fourth-order valence-electron chi connectivity index (χ4n) is 4.66. The minimum Gasteiger partial charge on any atom is -0.453 e. The second-order valence-corrected chi connectivity index (χ2v) is 8.80. The number of nitrogens with zero attached hydrogens (tertiary/aromatic N) is 4. The van der Waals surface area contributed by atoms with Crippen LogP contribution in [0.2, 0.25) is 0 Å². The van der Waals surface area contributed by atoms with E-state index in [0.29, 0.717) is 22.5 Å². The first-order chi connectivity index (χ1) is 18.2. The minimum absolute atomic E-state index is 0.263. The molecule has 0 fully saturated rings. The van der Waals surface area contributed by atoms with Gasteiger partial charge in [0.2, 0.25) is 5.82 Å². The van der Waals surface area contributed by atoms with Crippen molar-refractivity contribution in [1.29, 1.82) is 0 Å². The molecular weight excluding hydrogens is 460 g/mol. The van der Waals surface area contributed by atoms with E-state index < -0.39 is 0 Å². The Hall–Kier alpha value is -5.23. The monoisotopic (exact) mass is 480 g/mol. The summed E-state index contributed by atoms with van der Waals surface area (Å²) in [7, 11) is 0. The Bertz CT molecular complexity index is 1990. The summed E-state index contributed by atoms with van der Waals surface area (Å²) in [4.78, 5) is 18.3. The molecule has 0 amide bonds. The lowest BCUT2D eigenvalue weighted by Crippen LogP contribution is -2.20. The number of benzene rings is 4. The highest BCUT2D eigenvalue weighted by Crippen LogP contribution is 2.27. The molecule has 6 nitrogen and oxygen atoms in total. The zero-order chi connectivity index (χ0) is 24.8. The smallest absolute Gasteiger partial charge is 0.282 e. The van der Waals surface area contributed by atoms with Crippen LogP contribution in [0.5, 0.6) is 0 Å². The van der Waals surface area contributed by atoms with E-state index >= 15 is 0 Å². The fraction of sp³-hybridized carbons (Fsp3) is 0. The Morgan fingerprint density at radius 1 is 0.757 bits per heavy atom. The molecule has 0 atom stereocenters. The summed E-state index contributed by atoms with van der Waals surface area (Å²) < 4.78 is 9.42. The van der Waals surface area contributed by atoms with Gasteiger partial charge in [0, 0.05) is 17.3 Å². The van der Waals surface area contributed by atoms with Crippen LogP contribution >= 0.6 is 0 Å². The number of hydrogen-bond donors (Lipinski definition) is 0. The first-order valence-corrected chi connectivity index (χ1v) is 12.0. The molecule has 7 rings (SSSR count). The maximum Gasteiger partial charge on any atom is 0.282 e. The summed E-state index contributed by atoms with van der Waals surface area (Å²) in [6.07, 6.45) is 3.66. The van der Waals surface area contributed by atoms with E-state index in [1.807, 2.05) is 83.6 Å². The minimum atomic E-state index is -0.263. The summed E-state index contributed by atoms with van der Waals surface area (Å²) in [5, 5.41) is 8.38. The highest BCUT2D eigenvalue weighted by atomic mass is 16.3. The van der Waals surface area contributed by atoms with Crippen LogP contribution in [-0.2, 0) is 0 Å². The van der Waals surface area contributed by atoms with Gasteiger partial charge in [0.25, 0.3) is 5.56 Å². The Balaban J connectivity index is 1.38. The Morgan fingerprint density at radius 3 is 2.43 bits per heavy atom. The second kappa shape index (κ2) is 8.46. The molecule has 37 heavy (non-hydrogen) atoms. The topological polar surface area (TPSA) is 65.3 Å². The lowest BCUT2D eigenvalue weighted by Gasteiger charge is -2.09. The van der Waals surface area contributed by atoms with E-state index in [4.69, 9.17) is 9.40 Å². The molecule has 0 saturated heterocycles. The lowest BCUT2D eigenvalue weighted by molar-refractivity contribution is 0.616. The molecule has 3 aromatic heterocycles. The van der Waals surface area contributed by atoms with E-state index in [9.17, 15) is 4.79 Å². The molecule has 0 radical (unpaired) electrons. The van der Waals surface area contributed by atoms with Crippen LogP contribution in [0, 0.1) is 0 Å². The van der Waals surface area contributed by atoms with Crippen molar-refractivity contribution in [2.24, 2.45) is 5.10 Å². The van der Waals surface area contributed by atoms with Crippen molar-refractivity contribution >= 4 is 38.9 Å². The van der Waals surface area contributed by atoms with Gasteiger partial charge in [0.05, 0.1) is 22.8 Å². The van der Waals surface area contributed by atoms with Crippen LogP contribution in [0.4, 0.5) is 0 Å². The van der Waals surface area contributed by atoms with Gasteiger partial charge < -0.3 is 8.98 Å². The number of aromatic nitrogens is 3. The maximum atomic E-state index is 13.6. The molecular formula is C31H20N4O2. The normalized spacial score (nSPS) is 11.8. The van der Waals surface area contributed by atoms with Gasteiger partial charge in [0.15, 0.2) is 5.76 Å². The van der Waals surface area contributed by atoms with Gasteiger partial charge in [-0.15, -0.1) is 0 Å². The van der Waals surface area contributed by atoms with Crippen LogP contribution in [0.1, 0.15) is 5.69 Å². The van der Waals surface area contributed by atoms with Crippen LogP contribution in [0.3, 0.4) is 0 Å². The summed E-state index contributed by atoms with van der Waals surface area (Å²) in [5.74, 6) is 0.825. The lowest BCUT2D eigenvalue weighted by atomic mass is 10.1. The van der Waals surface area contributed by atoms with Crippen LogP contribution in [0.25, 0.3) is 49.9 Å². The third kappa shape index (κ3) is 3.63. The number of fused-ring (bicyclic) bond motifs is 3. The van der Waals surface area contributed by atoms with Gasteiger partial charge in [0.1, 0.15) is 5.58 Å². The maximum absolute atomic E-state index is 13.6. The quantitative estimate of drug-likeness (QED) is 0.265. The predicted molar refractivity (Wildman–Crippen MR) is 147 cm³/mol. The average Bonchev–Trinajstić information content (AvgIpc) is 3.59. The van der Waals surface area contributed by atoms with Crippen molar-refractivity contribution in [3.05, 3.63) is 131 Å². The summed E-state index contributed by atoms with van der Waals surface area (Å²) >= 11 is 0. The molecule has 4 aromatic carbocycles. The Morgan fingerprint density at radius 2 is 1.54 bits per heavy atom. The molecule has 0 spiro atoms. The molecule has 0 aliphatic carbocycles. The number of para-hydroxylation sites is 2. The standard InChI is InChI=1S/C31H20N4O2/c36-31-26-12-4-5-13-27(26)33-30(29-19-23-10-3-6-14-28(23)37-29)35(31)32-20-25-11-7-17-34(25)24-16-15-21-8-1-2-9-22(21)18-24/h1-20H. The second-order valence-electron chi connectivity index (χ2n) is 8.80. The van der Waals surface area contributed by atoms with Crippen molar-refractivity contribution in [1.82, 2.24) is 14.2 Å². The molecule has 176 valence electrons. The van der Waals surface area contributed by atoms with Crippen LogP contribution in [-0.4, -0.2) is 20.4 Å². The molecule has 0 unspecified atom stereocenters. The summed E-state index contributed by atoms with van der Waals surface area (Å²) in [5.41, 5.74) is 2.88. The molecule has 0 aliphatic rings. The molecule has 7 aromatic rings. The van der Waals surface area contributed by atoms with E-state index in [2.05, 4.69) is 35.4 Å². The number of hydrogen-bond acceptors (Lipinski definition) is 4. The molecule has 0 bridgehead atoms. The van der Waals surface area contributed by atoms with Crippen molar-refractivity contribution in [2.45, 2.75) is 0 Å². The van der Waals surface area contributed by atoms with Crippen molar-refractivity contribution < 1.29 is 4.42 Å². The van der Waals surface area contributed by atoms with Gasteiger partial charge in [-0.25, -0.2) is 4.98 Å². The molecule has 6 heteroatoms. The highest BCUT2D eigenvalue weighted by Gasteiger charge is 2.16. The molecule has 0 N–H and O–H groups in total. The number of rotatable bonds is 4. The summed E-state index contributed by atoms with van der Waals surface area (Å²) in [6, 6.07) is 35.3. The highest BCUT2D eigenvalue weighted by molar-refractivity contribution is 5.86. The first kappa shape index (κ1) is 21.1. The first-order valence-electron chi connectivity index (χ1n) is 12.0. The van der Waals surface area contributed by atoms with Crippen molar-refractivity contribution in [2.75, 3.05) is 0 Å². The van der Waals surface area contributed by atoms with E-state index in [1.54, 1.807) is 12.3 Å². The molecule has 0 saturated carbocycles. The summed E-state index contributed by atoms with van der Waals surface area (Å²) in [6.45, 7) is 0. The molecule has 3 heterocycles. The number of furan rings is 1. The fourth-order valence-corrected chi connectivity index (χ4v) is 4.66. The van der Waals surface area contributed by atoms with Gasteiger partial charge in [-0.3, -0.25) is 4.79 Å². The van der Waals surface area contributed by atoms with E-state index in [1.165, 1.54) is 10.1 Å². The van der Waals surface area contributed by atoms with Gasteiger partial charge >= 0.3 is 0 Å². The largest absolute Gasteiger partial charge is 0.453 e. The zero-order valence-corrected chi connectivity index (χ0v) is 19.7. The van der Waals surface area contributed by atoms with Gasteiger partial charge in [-0.05, 0) is 59.3 Å². The van der Waals surface area contributed by atoms with E-state index in [0.717, 1.165) is 27.7 Å². The predicted octanol–water partition coefficient (Wildman–Crippen LogP) is 6.64. The van der Waals surface area contributed by atoms with Crippen molar-refractivity contribution in [3.63, 3.8) is 0 Å².